The molecule has 1 aromatic carbocycles. The molecular formula is C16H20N2O5S. The van der Waals surface area contributed by atoms with E-state index in [1.54, 1.807) is 0 Å². The molecule has 2 fully saturated rings. The number of hydrogen-bond acceptors (Lipinski definition) is 4. The van der Waals surface area contributed by atoms with Gasteiger partial charge in [0.15, 0.2) is 0 Å². The number of carboxylic acids is 1. The maximum Gasteiger partial charge on any atom is 0.311 e. The SMILES string of the molecule is O=C(NCC1(C(=O)O)CC1)c1cccc(S(=O)(=O)NCC2CC2)c1. The highest BCUT2D eigenvalue weighted by atomic mass is 32.2. The van der Waals surface area contributed by atoms with Crippen molar-refractivity contribution >= 4 is 21.9 Å². The summed E-state index contributed by atoms with van der Waals surface area (Å²) in [6.45, 7) is 0.470. The van der Waals surface area contributed by atoms with Crippen molar-refractivity contribution in [1.82, 2.24) is 10.0 Å². The average molecular weight is 352 g/mol. The molecule has 0 radical (unpaired) electrons. The van der Waals surface area contributed by atoms with E-state index in [0.717, 1.165) is 12.8 Å². The van der Waals surface area contributed by atoms with Gasteiger partial charge in [0.2, 0.25) is 10.0 Å². The van der Waals surface area contributed by atoms with E-state index in [0.29, 0.717) is 25.3 Å². The van der Waals surface area contributed by atoms with Crippen LogP contribution in [0.15, 0.2) is 29.2 Å². The molecule has 8 heteroatoms. The maximum absolute atomic E-state index is 12.2. The summed E-state index contributed by atoms with van der Waals surface area (Å²) in [6, 6.07) is 5.76. The number of hydrogen-bond donors (Lipinski definition) is 3. The van der Waals surface area contributed by atoms with Gasteiger partial charge in [-0.3, -0.25) is 9.59 Å². The highest BCUT2D eigenvalue weighted by molar-refractivity contribution is 7.89. The number of benzene rings is 1. The van der Waals surface area contributed by atoms with E-state index < -0.39 is 27.3 Å². The summed E-state index contributed by atoms with van der Waals surface area (Å²) in [7, 11) is -3.64. The number of carbonyl (C=O) groups excluding carboxylic acids is 1. The monoisotopic (exact) mass is 352 g/mol. The summed E-state index contributed by atoms with van der Waals surface area (Å²) < 4.78 is 27.0. The number of carbonyl (C=O) groups is 2. The highest BCUT2D eigenvalue weighted by Gasteiger charge is 2.50. The minimum Gasteiger partial charge on any atom is -0.481 e. The number of aliphatic carboxylic acids is 1. The van der Waals surface area contributed by atoms with Crippen molar-refractivity contribution in [1.29, 1.82) is 0 Å². The Balaban J connectivity index is 1.65. The molecule has 0 bridgehead atoms. The van der Waals surface area contributed by atoms with Gasteiger partial charge in [-0.25, -0.2) is 13.1 Å². The standard InChI is InChI=1S/C16H20N2O5S/c19-14(17-10-16(6-7-16)15(20)21)12-2-1-3-13(8-12)24(22,23)18-9-11-4-5-11/h1-3,8,11,18H,4-7,9-10H2,(H,17,19)(H,20,21). The van der Waals surface area contributed by atoms with Gasteiger partial charge in [-0.2, -0.15) is 0 Å². The van der Waals surface area contributed by atoms with Crippen molar-refractivity contribution in [2.45, 2.75) is 30.6 Å². The fourth-order valence-electron chi connectivity index (χ4n) is 2.41. The van der Waals surface area contributed by atoms with Crippen LogP contribution in [0.3, 0.4) is 0 Å². The summed E-state index contributed by atoms with van der Waals surface area (Å²) in [5.41, 5.74) is -0.656. The van der Waals surface area contributed by atoms with Crippen LogP contribution >= 0.6 is 0 Å². The second-order valence-electron chi connectivity index (χ2n) is 6.59. The molecule has 0 unspecified atom stereocenters. The maximum atomic E-state index is 12.2. The van der Waals surface area contributed by atoms with Gasteiger partial charge in [0, 0.05) is 18.7 Å². The number of rotatable bonds is 8. The first-order chi connectivity index (χ1) is 11.3. The zero-order chi connectivity index (χ0) is 17.4. The molecule has 0 spiro atoms. The first-order valence-corrected chi connectivity index (χ1v) is 9.42. The number of carboxylic acid groups (broad SMARTS) is 1. The molecule has 24 heavy (non-hydrogen) atoms. The van der Waals surface area contributed by atoms with Crippen LogP contribution in [0.1, 0.15) is 36.0 Å². The summed E-state index contributed by atoms with van der Waals surface area (Å²) in [6.07, 6.45) is 3.16. The Morgan fingerprint density at radius 2 is 1.96 bits per heavy atom. The number of amides is 1. The minimum absolute atomic E-state index is 0.0372. The topological polar surface area (TPSA) is 113 Å². The lowest BCUT2D eigenvalue weighted by Crippen LogP contribution is -2.34. The molecule has 2 aliphatic carbocycles. The van der Waals surface area contributed by atoms with Gasteiger partial charge in [0.05, 0.1) is 10.3 Å². The van der Waals surface area contributed by atoms with Gasteiger partial charge in [-0.05, 0) is 49.8 Å². The fraction of sp³-hybridized carbons (Fsp3) is 0.500. The van der Waals surface area contributed by atoms with Crippen LogP contribution in [0, 0.1) is 11.3 Å². The smallest absolute Gasteiger partial charge is 0.311 e. The van der Waals surface area contributed by atoms with E-state index in [2.05, 4.69) is 10.0 Å². The largest absolute Gasteiger partial charge is 0.481 e. The Bertz CT molecular complexity index is 766. The van der Waals surface area contributed by atoms with E-state index in [1.165, 1.54) is 24.3 Å². The predicted octanol–water partition coefficient (Wildman–Crippen LogP) is 0.969. The Morgan fingerprint density at radius 3 is 2.54 bits per heavy atom. The Labute approximate surface area is 140 Å². The van der Waals surface area contributed by atoms with Crippen molar-refractivity contribution in [3.8, 4) is 0 Å². The zero-order valence-electron chi connectivity index (χ0n) is 13.1. The summed E-state index contributed by atoms with van der Waals surface area (Å²) in [4.78, 5) is 23.3. The van der Waals surface area contributed by atoms with Crippen molar-refractivity contribution in [3.63, 3.8) is 0 Å². The van der Waals surface area contributed by atoms with E-state index in [9.17, 15) is 18.0 Å². The summed E-state index contributed by atoms with van der Waals surface area (Å²) in [5, 5.41) is 11.7. The van der Waals surface area contributed by atoms with Crippen LogP contribution in [-0.4, -0.2) is 38.5 Å². The molecule has 0 heterocycles. The molecule has 0 aliphatic heterocycles. The summed E-state index contributed by atoms with van der Waals surface area (Å²) >= 11 is 0. The molecule has 7 nitrogen and oxygen atoms in total. The molecule has 130 valence electrons. The first kappa shape index (κ1) is 16.9. The molecule has 2 saturated carbocycles. The second-order valence-corrected chi connectivity index (χ2v) is 8.36. The summed E-state index contributed by atoms with van der Waals surface area (Å²) in [5.74, 6) is -0.970. The predicted molar refractivity (Wildman–Crippen MR) is 86.0 cm³/mol. The average Bonchev–Trinajstić information content (AvgIpc) is 3.46. The highest BCUT2D eigenvalue weighted by Crippen LogP contribution is 2.45. The Kier molecular flexibility index (Phi) is 4.35. The van der Waals surface area contributed by atoms with Crippen LogP contribution in [0.25, 0.3) is 0 Å². The molecule has 1 amide bonds. The van der Waals surface area contributed by atoms with Crippen LogP contribution in [-0.2, 0) is 14.8 Å². The lowest BCUT2D eigenvalue weighted by Gasteiger charge is -2.12. The third-order valence-electron chi connectivity index (χ3n) is 4.56. The van der Waals surface area contributed by atoms with Crippen LogP contribution < -0.4 is 10.0 Å². The van der Waals surface area contributed by atoms with Crippen molar-refractivity contribution in [3.05, 3.63) is 29.8 Å². The van der Waals surface area contributed by atoms with Gasteiger partial charge < -0.3 is 10.4 Å². The third kappa shape index (κ3) is 3.76. The van der Waals surface area contributed by atoms with Gasteiger partial charge in [0.25, 0.3) is 5.91 Å². The third-order valence-corrected chi connectivity index (χ3v) is 5.98. The van der Waals surface area contributed by atoms with Crippen molar-refractivity contribution in [2.75, 3.05) is 13.1 Å². The zero-order valence-corrected chi connectivity index (χ0v) is 13.9. The van der Waals surface area contributed by atoms with Crippen molar-refractivity contribution in [2.24, 2.45) is 11.3 Å². The van der Waals surface area contributed by atoms with E-state index >= 15 is 0 Å². The van der Waals surface area contributed by atoms with Crippen LogP contribution in [0.5, 0.6) is 0 Å². The normalized spacial score (nSPS) is 18.8. The van der Waals surface area contributed by atoms with Crippen LogP contribution in [0.4, 0.5) is 0 Å². The Hall–Kier alpha value is -1.93. The van der Waals surface area contributed by atoms with Crippen molar-refractivity contribution < 1.29 is 23.1 Å². The Morgan fingerprint density at radius 1 is 1.25 bits per heavy atom. The van der Waals surface area contributed by atoms with Gasteiger partial charge in [-0.15, -0.1) is 0 Å². The second kappa shape index (κ2) is 6.18. The minimum atomic E-state index is -3.64. The van der Waals surface area contributed by atoms with E-state index in [4.69, 9.17) is 5.11 Å². The molecule has 3 N–H and O–H groups in total. The lowest BCUT2D eigenvalue weighted by molar-refractivity contribution is -0.143. The molecule has 2 aliphatic rings. The van der Waals surface area contributed by atoms with Gasteiger partial charge >= 0.3 is 5.97 Å². The van der Waals surface area contributed by atoms with Gasteiger partial charge in [-0.1, -0.05) is 6.07 Å². The lowest BCUT2D eigenvalue weighted by atomic mass is 10.1. The van der Waals surface area contributed by atoms with Crippen LogP contribution in [0.2, 0.25) is 0 Å². The van der Waals surface area contributed by atoms with Gasteiger partial charge in [0.1, 0.15) is 0 Å². The molecular weight excluding hydrogens is 332 g/mol. The molecule has 0 atom stereocenters. The first-order valence-electron chi connectivity index (χ1n) is 7.94. The quantitative estimate of drug-likeness (QED) is 0.645. The molecule has 1 aromatic rings. The molecule has 0 aromatic heterocycles. The van der Waals surface area contributed by atoms with E-state index in [1.807, 2.05) is 0 Å². The fourth-order valence-corrected chi connectivity index (χ4v) is 3.57. The van der Waals surface area contributed by atoms with E-state index in [-0.39, 0.29) is 17.0 Å². The molecule has 3 rings (SSSR count). The number of sulfonamides is 1. The number of nitrogens with one attached hydrogen (secondary N) is 2. The molecule has 0 saturated heterocycles.